The van der Waals surface area contributed by atoms with E-state index >= 15 is 0 Å². The molecule has 2 aliphatic rings. The summed E-state index contributed by atoms with van der Waals surface area (Å²) in [6, 6.07) is 35.6. The van der Waals surface area contributed by atoms with Crippen molar-refractivity contribution in [2.24, 2.45) is 11.8 Å². The molecule has 10 heteroatoms. The Bertz CT molecular complexity index is 2050. The van der Waals surface area contributed by atoms with Gasteiger partial charge in [-0.15, -0.1) is 11.3 Å². The summed E-state index contributed by atoms with van der Waals surface area (Å²) in [5.41, 5.74) is 4.45. The van der Waals surface area contributed by atoms with Crippen LogP contribution in [0.4, 0.5) is 0 Å². The maximum Gasteiger partial charge on any atom is 0.307 e. The normalized spacial score (nSPS) is 20.0. The van der Waals surface area contributed by atoms with Gasteiger partial charge in [-0.2, -0.15) is 0 Å². The lowest BCUT2D eigenvalue weighted by molar-refractivity contribution is -0.144. The summed E-state index contributed by atoms with van der Waals surface area (Å²) < 4.78 is 5.77. The van der Waals surface area contributed by atoms with Crippen molar-refractivity contribution in [2.75, 3.05) is 6.61 Å². The topological polar surface area (TPSA) is 139 Å². The number of hydrogen-bond acceptors (Lipinski definition) is 7. The zero-order valence-electron chi connectivity index (χ0n) is 30.4. The third-order valence-corrected chi connectivity index (χ3v) is 10.8. The number of rotatable bonds is 9. The molecular weight excluding hydrogens is 713 g/mol. The standard InChI is InChI=1S/C45H44N2O7S/c48-37-26-35(27-39-12-7-23-55-39)43(50)47-41(25-32-13-18-34(19-14-32)33-10-5-2-6-11-33)44(51)46-40(22-17-30-8-3-1-4-9-30)42(49)28-36(45(52)53)24-31-15-20-38(21-16-31)54-29-37/h1-16,18-21,23,35-36,40-41H,17,22,24-29H2,(H,46,51)(H,47,50)(H,52,53)/t35-,36+,40-,41+/m0/s1. The van der Waals surface area contributed by atoms with Crippen molar-refractivity contribution in [1.29, 1.82) is 0 Å². The van der Waals surface area contributed by atoms with Gasteiger partial charge in [0.2, 0.25) is 11.8 Å². The van der Waals surface area contributed by atoms with Crippen molar-refractivity contribution >= 4 is 40.7 Å². The number of carboxylic acids is 1. The number of aliphatic carboxylic acids is 1. The van der Waals surface area contributed by atoms with Crippen LogP contribution in [0.1, 0.15) is 40.8 Å². The van der Waals surface area contributed by atoms with Crippen LogP contribution < -0.4 is 15.4 Å². The summed E-state index contributed by atoms with van der Waals surface area (Å²) in [4.78, 5) is 69.2. The molecule has 9 nitrogen and oxygen atoms in total. The van der Waals surface area contributed by atoms with E-state index in [2.05, 4.69) is 10.6 Å². The smallest absolute Gasteiger partial charge is 0.307 e. The molecule has 3 N–H and O–H groups in total. The van der Waals surface area contributed by atoms with Gasteiger partial charge in [0.05, 0.1) is 12.0 Å². The Kier molecular flexibility index (Phi) is 13.4. The van der Waals surface area contributed by atoms with Gasteiger partial charge in [-0.05, 0) is 77.1 Å². The van der Waals surface area contributed by atoms with Crippen molar-refractivity contribution < 1.29 is 33.8 Å². The third-order valence-electron chi connectivity index (χ3n) is 9.88. The molecule has 2 bridgehead atoms. The van der Waals surface area contributed by atoms with Crippen LogP contribution in [0.15, 0.2) is 127 Å². The first kappa shape index (κ1) is 38.8. The number of fused-ring (bicyclic) bond motifs is 16. The predicted octanol–water partition coefficient (Wildman–Crippen LogP) is 6.67. The van der Waals surface area contributed by atoms with Gasteiger partial charge < -0.3 is 20.5 Å². The number of Topliss-reactive ketones (excluding diaryl/α,β-unsaturated/α-hetero) is 2. The highest BCUT2D eigenvalue weighted by atomic mass is 32.1. The van der Waals surface area contributed by atoms with Crippen LogP contribution in [0, 0.1) is 11.8 Å². The number of aryl methyl sites for hydroxylation is 1. The first-order chi connectivity index (χ1) is 26.7. The maximum absolute atomic E-state index is 14.4. The molecule has 0 saturated carbocycles. The van der Waals surface area contributed by atoms with Crippen molar-refractivity contribution in [2.45, 2.75) is 57.0 Å². The Labute approximate surface area is 324 Å². The highest BCUT2D eigenvalue weighted by Crippen LogP contribution is 2.23. The van der Waals surface area contributed by atoms with Crippen LogP contribution in [-0.2, 0) is 49.7 Å². The Morgan fingerprint density at radius 3 is 2.02 bits per heavy atom. The summed E-state index contributed by atoms with van der Waals surface area (Å²) in [6.45, 7) is -0.263. The van der Waals surface area contributed by atoms with Gasteiger partial charge in [0.15, 0.2) is 11.6 Å². The van der Waals surface area contributed by atoms with Crippen LogP contribution in [-0.4, -0.2) is 53.1 Å². The second-order valence-corrected chi connectivity index (χ2v) is 15.0. The van der Waals surface area contributed by atoms with E-state index in [1.54, 1.807) is 24.3 Å². The molecule has 282 valence electrons. The van der Waals surface area contributed by atoms with Crippen molar-refractivity contribution in [3.63, 3.8) is 0 Å². The fourth-order valence-electron chi connectivity index (χ4n) is 6.80. The zero-order chi connectivity index (χ0) is 38.6. The maximum atomic E-state index is 14.4. The molecule has 4 aromatic carbocycles. The van der Waals surface area contributed by atoms with E-state index in [4.69, 9.17) is 4.74 Å². The molecule has 0 aliphatic carbocycles. The summed E-state index contributed by atoms with van der Waals surface area (Å²) in [7, 11) is 0. The summed E-state index contributed by atoms with van der Waals surface area (Å²) in [5, 5.41) is 17.9. The monoisotopic (exact) mass is 756 g/mol. The van der Waals surface area contributed by atoms with Crippen molar-refractivity contribution in [3.05, 3.63) is 148 Å². The molecular formula is C45H44N2O7S. The first-order valence-corrected chi connectivity index (χ1v) is 19.4. The van der Waals surface area contributed by atoms with Gasteiger partial charge in [-0.3, -0.25) is 24.0 Å². The molecule has 7 rings (SSSR count). The molecule has 4 atom stereocenters. The zero-order valence-corrected chi connectivity index (χ0v) is 31.2. The van der Waals surface area contributed by atoms with E-state index in [-0.39, 0.29) is 44.5 Å². The number of carbonyl (C=O) groups is 5. The SMILES string of the molecule is O=C1COc2ccc(cc2)C[C@@H](C(=O)O)CC(=O)[C@H](CCc2ccccc2)NC(=O)[C@@H](Cc2ccc(-c3ccccc3)cc2)NC(=O)[C@H](Cc2cccs2)C1. The largest absolute Gasteiger partial charge is 0.486 e. The highest BCUT2D eigenvalue weighted by molar-refractivity contribution is 7.09. The van der Waals surface area contributed by atoms with Crippen LogP contribution in [0.25, 0.3) is 11.1 Å². The minimum absolute atomic E-state index is 0.0850. The highest BCUT2D eigenvalue weighted by Gasteiger charge is 2.32. The van der Waals surface area contributed by atoms with Crippen molar-refractivity contribution in [3.8, 4) is 16.9 Å². The number of ketones is 2. The molecule has 3 heterocycles. The molecule has 2 aliphatic heterocycles. The van der Waals surface area contributed by atoms with E-state index in [1.807, 2.05) is 102 Å². The number of thiophene rings is 1. The minimum Gasteiger partial charge on any atom is -0.486 e. The van der Waals surface area contributed by atoms with Crippen LogP contribution in [0.3, 0.4) is 0 Å². The summed E-state index contributed by atoms with van der Waals surface area (Å²) in [6.07, 6.45) is 0.763. The molecule has 0 saturated heterocycles. The average Bonchev–Trinajstić information content (AvgIpc) is 3.72. The van der Waals surface area contributed by atoms with E-state index in [0.717, 1.165) is 27.1 Å². The molecule has 0 spiro atoms. The molecule has 1 aromatic heterocycles. The Balaban J connectivity index is 1.33. The van der Waals surface area contributed by atoms with E-state index in [0.29, 0.717) is 24.2 Å². The molecule has 5 aromatic rings. The van der Waals surface area contributed by atoms with Crippen molar-refractivity contribution in [1.82, 2.24) is 10.6 Å². The minimum atomic E-state index is -1.13. The third kappa shape index (κ3) is 11.3. The fourth-order valence-corrected chi connectivity index (χ4v) is 7.59. The van der Waals surface area contributed by atoms with Crippen LogP contribution in [0.2, 0.25) is 0 Å². The predicted molar refractivity (Wildman–Crippen MR) is 212 cm³/mol. The summed E-state index contributed by atoms with van der Waals surface area (Å²) >= 11 is 1.48. The van der Waals surface area contributed by atoms with E-state index in [1.165, 1.54) is 11.3 Å². The van der Waals surface area contributed by atoms with Gasteiger partial charge in [0, 0.05) is 30.1 Å². The van der Waals surface area contributed by atoms with Gasteiger partial charge in [-0.25, -0.2) is 0 Å². The first-order valence-electron chi connectivity index (χ1n) is 18.5. The number of benzene rings is 4. The number of nitrogens with one attached hydrogen (secondary N) is 2. The number of carboxylic acid groups (broad SMARTS) is 1. The lowest BCUT2D eigenvalue weighted by Crippen LogP contribution is -2.54. The number of carbonyl (C=O) groups excluding carboxylic acids is 4. The number of hydrogen-bond donors (Lipinski definition) is 3. The molecule has 2 amide bonds. The van der Waals surface area contributed by atoms with Gasteiger partial charge in [0.1, 0.15) is 18.4 Å². The Hall–Kier alpha value is -5.87. The van der Waals surface area contributed by atoms with Crippen LogP contribution >= 0.6 is 11.3 Å². The number of ether oxygens (including phenoxy) is 1. The average molecular weight is 757 g/mol. The second-order valence-electron chi connectivity index (χ2n) is 14.0. The van der Waals surface area contributed by atoms with Gasteiger partial charge >= 0.3 is 5.97 Å². The fraction of sp³-hybridized carbons (Fsp3) is 0.267. The molecule has 0 unspecified atom stereocenters. The van der Waals surface area contributed by atoms with Crippen LogP contribution in [0.5, 0.6) is 5.75 Å². The van der Waals surface area contributed by atoms with Gasteiger partial charge in [0.25, 0.3) is 0 Å². The number of amides is 2. The lowest BCUT2D eigenvalue weighted by atomic mass is 9.90. The Morgan fingerprint density at radius 1 is 0.673 bits per heavy atom. The Morgan fingerprint density at radius 2 is 1.35 bits per heavy atom. The lowest BCUT2D eigenvalue weighted by Gasteiger charge is -2.26. The second kappa shape index (κ2) is 18.9. The summed E-state index contributed by atoms with van der Waals surface area (Å²) in [5.74, 6) is -4.27. The molecule has 0 radical (unpaired) electrons. The van der Waals surface area contributed by atoms with E-state index < -0.39 is 47.5 Å². The van der Waals surface area contributed by atoms with Gasteiger partial charge in [-0.1, -0.05) is 103 Å². The molecule has 0 fully saturated rings. The quantitative estimate of drug-likeness (QED) is 0.153. The molecule has 55 heavy (non-hydrogen) atoms. The van der Waals surface area contributed by atoms with E-state index in [9.17, 15) is 29.1 Å².